The molecule has 29 heavy (non-hydrogen) atoms. The van der Waals surface area contributed by atoms with Crippen LogP contribution in [0.5, 0.6) is 0 Å². The van der Waals surface area contributed by atoms with Crippen LogP contribution in [0.4, 0.5) is 13.2 Å². The second kappa shape index (κ2) is 19.2. The summed E-state index contributed by atoms with van der Waals surface area (Å²) in [5.41, 5.74) is 0. The molecule has 0 N–H and O–H groups in total. The maximum absolute atomic E-state index is 12.5. The van der Waals surface area contributed by atoms with Crippen LogP contribution < -0.4 is 0 Å². The van der Waals surface area contributed by atoms with Crippen LogP contribution >= 0.6 is 0 Å². The van der Waals surface area contributed by atoms with Crippen molar-refractivity contribution in [2.75, 3.05) is 26.3 Å². The van der Waals surface area contributed by atoms with Gasteiger partial charge < -0.3 is 9.64 Å². The molecular weight excluding hydrogens is 379 g/mol. The van der Waals surface area contributed by atoms with E-state index in [1.165, 1.54) is 70.6 Å². The van der Waals surface area contributed by atoms with Crippen LogP contribution in [0.25, 0.3) is 0 Å². The number of carbonyl (C=O) groups excluding carboxylic acids is 1. The summed E-state index contributed by atoms with van der Waals surface area (Å²) < 4.78 is 43.1. The van der Waals surface area contributed by atoms with Gasteiger partial charge in [0.25, 0.3) is 0 Å². The van der Waals surface area contributed by atoms with E-state index in [1.54, 1.807) is 6.92 Å². The minimum atomic E-state index is -4.79. The molecule has 0 fully saturated rings. The van der Waals surface area contributed by atoms with Crippen LogP contribution in [0.1, 0.15) is 110 Å². The van der Waals surface area contributed by atoms with Crippen molar-refractivity contribution in [3.63, 3.8) is 0 Å². The van der Waals surface area contributed by atoms with Crippen molar-refractivity contribution in [2.24, 2.45) is 0 Å². The molecule has 0 saturated carbocycles. The number of unbranched alkanes of at least 4 members (excludes halogenated alkanes) is 12. The van der Waals surface area contributed by atoms with E-state index in [1.807, 2.05) is 0 Å². The number of ether oxygens (including phenoxy) is 1. The Bertz CT molecular complexity index is 376. The summed E-state index contributed by atoms with van der Waals surface area (Å²) >= 11 is 0. The second-order valence-electron chi connectivity index (χ2n) is 8.00. The molecule has 0 rings (SSSR count). The number of carbonyl (C=O) groups is 1. The van der Waals surface area contributed by atoms with Crippen LogP contribution in [-0.2, 0) is 9.53 Å². The number of hydrogen-bond acceptors (Lipinski definition) is 2. The van der Waals surface area contributed by atoms with Crippen molar-refractivity contribution in [3.05, 3.63) is 0 Å². The average molecular weight is 424 g/mol. The van der Waals surface area contributed by atoms with Crippen LogP contribution in [-0.4, -0.2) is 43.3 Å². The lowest BCUT2D eigenvalue weighted by atomic mass is 10.0. The van der Waals surface area contributed by atoms with E-state index < -0.39 is 12.1 Å². The molecular formula is C23H44F3NO2. The number of halogens is 3. The van der Waals surface area contributed by atoms with Gasteiger partial charge in [0, 0.05) is 26.3 Å². The molecule has 0 aromatic carbocycles. The molecule has 0 atom stereocenters. The van der Waals surface area contributed by atoms with Crippen LogP contribution in [0.3, 0.4) is 0 Å². The molecule has 1 amide bonds. The monoisotopic (exact) mass is 423 g/mol. The molecule has 174 valence electrons. The largest absolute Gasteiger partial charge is 0.471 e. The molecule has 0 aromatic heterocycles. The smallest absolute Gasteiger partial charge is 0.381 e. The molecule has 3 nitrogen and oxygen atoms in total. The fourth-order valence-electron chi connectivity index (χ4n) is 3.45. The number of nitrogens with zero attached hydrogens (tertiary/aromatic N) is 1. The van der Waals surface area contributed by atoms with Gasteiger partial charge in [-0.25, -0.2) is 0 Å². The van der Waals surface area contributed by atoms with Gasteiger partial charge in [-0.3, -0.25) is 4.79 Å². The maximum Gasteiger partial charge on any atom is 0.471 e. The van der Waals surface area contributed by atoms with Crippen LogP contribution in [0, 0.1) is 0 Å². The van der Waals surface area contributed by atoms with E-state index in [2.05, 4.69) is 6.92 Å². The van der Waals surface area contributed by atoms with Gasteiger partial charge in [0.15, 0.2) is 0 Å². The van der Waals surface area contributed by atoms with Crippen molar-refractivity contribution in [1.82, 2.24) is 4.90 Å². The van der Waals surface area contributed by atoms with Crippen molar-refractivity contribution in [2.45, 2.75) is 116 Å². The first-order valence-corrected chi connectivity index (χ1v) is 11.9. The Morgan fingerprint density at radius 1 is 0.655 bits per heavy atom. The quantitative estimate of drug-likeness (QED) is 0.192. The average Bonchev–Trinajstić information content (AvgIpc) is 2.68. The zero-order chi connectivity index (χ0) is 21.8. The molecule has 0 spiro atoms. The molecule has 0 radical (unpaired) electrons. The number of hydrogen-bond donors (Lipinski definition) is 0. The molecule has 0 saturated heterocycles. The third-order valence-corrected chi connectivity index (χ3v) is 5.13. The summed E-state index contributed by atoms with van der Waals surface area (Å²) in [5.74, 6) is -1.74. The van der Waals surface area contributed by atoms with E-state index in [0.717, 1.165) is 17.7 Å². The Labute approximate surface area is 176 Å². The Hall–Kier alpha value is -0.780. The first kappa shape index (κ1) is 28.2. The summed E-state index contributed by atoms with van der Waals surface area (Å²) in [6, 6.07) is 0. The van der Waals surface area contributed by atoms with Gasteiger partial charge in [-0.2, -0.15) is 13.2 Å². The maximum atomic E-state index is 12.5. The van der Waals surface area contributed by atoms with E-state index in [9.17, 15) is 18.0 Å². The molecule has 0 aliphatic carbocycles. The fraction of sp³-hybridized carbons (Fsp3) is 0.957. The lowest BCUT2D eigenvalue weighted by Crippen LogP contribution is -2.42. The van der Waals surface area contributed by atoms with E-state index in [0.29, 0.717) is 26.1 Å². The fourth-order valence-corrected chi connectivity index (χ4v) is 3.45. The van der Waals surface area contributed by atoms with Gasteiger partial charge in [0.2, 0.25) is 0 Å². The third kappa shape index (κ3) is 17.8. The topological polar surface area (TPSA) is 29.5 Å². The van der Waals surface area contributed by atoms with Gasteiger partial charge >= 0.3 is 12.1 Å². The van der Waals surface area contributed by atoms with Crippen molar-refractivity contribution in [3.8, 4) is 0 Å². The molecule has 0 bridgehead atoms. The van der Waals surface area contributed by atoms with Crippen molar-refractivity contribution in [1.29, 1.82) is 0 Å². The van der Waals surface area contributed by atoms with Gasteiger partial charge in [-0.05, 0) is 19.3 Å². The summed E-state index contributed by atoms with van der Waals surface area (Å²) in [5, 5.41) is 0. The Morgan fingerprint density at radius 3 is 1.55 bits per heavy atom. The van der Waals surface area contributed by atoms with Gasteiger partial charge in [0.05, 0.1) is 0 Å². The molecule has 0 aliphatic heterocycles. The first-order chi connectivity index (χ1) is 13.9. The lowest BCUT2D eigenvalue weighted by molar-refractivity contribution is -0.185. The Morgan fingerprint density at radius 2 is 1.10 bits per heavy atom. The van der Waals surface area contributed by atoms with Gasteiger partial charge in [0.1, 0.15) is 0 Å². The van der Waals surface area contributed by atoms with E-state index in [-0.39, 0.29) is 13.1 Å². The van der Waals surface area contributed by atoms with Crippen LogP contribution in [0.15, 0.2) is 0 Å². The predicted octanol–water partition coefficient (Wildman–Crippen LogP) is 7.29. The first-order valence-electron chi connectivity index (χ1n) is 11.9. The zero-order valence-corrected chi connectivity index (χ0v) is 18.8. The lowest BCUT2D eigenvalue weighted by Gasteiger charge is -2.23. The standard InChI is InChI=1S/C23H44F3NO2/c1-3-5-6-7-8-9-10-11-12-13-14-15-16-20-29-21-17-19-27(18-4-2)22(28)23(24,25)26/h3-21H2,1-2H3. The molecule has 0 aromatic rings. The van der Waals surface area contributed by atoms with E-state index >= 15 is 0 Å². The number of rotatable bonds is 20. The minimum absolute atomic E-state index is 0.102. The van der Waals surface area contributed by atoms with Crippen molar-refractivity contribution >= 4 is 5.91 Å². The predicted molar refractivity (Wildman–Crippen MR) is 114 cm³/mol. The van der Waals surface area contributed by atoms with E-state index in [4.69, 9.17) is 4.74 Å². The van der Waals surface area contributed by atoms with Crippen LogP contribution in [0.2, 0.25) is 0 Å². The number of alkyl halides is 3. The highest BCUT2D eigenvalue weighted by Gasteiger charge is 2.41. The second-order valence-corrected chi connectivity index (χ2v) is 8.00. The summed E-state index contributed by atoms with van der Waals surface area (Å²) in [4.78, 5) is 12.2. The highest BCUT2D eigenvalue weighted by atomic mass is 19.4. The normalized spacial score (nSPS) is 11.8. The third-order valence-electron chi connectivity index (χ3n) is 5.13. The van der Waals surface area contributed by atoms with Crippen molar-refractivity contribution < 1.29 is 22.7 Å². The summed E-state index contributed by atoms with van der Waals surface area (Å²) in [6.07, 6.45) is 13.1. The zero-order valence-electron chi connectivity index (χ0n) is 18.8. The number of amides is 1. The Kier molecular flexibility index (Phi) is 18.7. The SMILES string of the molecule is CCCCCCCCCCCCCCCOCCCN(CCC)C(=O)C(F)(F)F. The summed E-state index contributed by atoms with van der Waals surface area (Å²) in [6.45, 7) is 5.31. The van der Waals surface area contributed by atoms with Gasteiger partial charge in [-0.1, -0.05) is 90.9 Å². The highest BCUT2D eigenvalue weighted by molar-refractivity contribution is 5.81. The van der Waals surface area contributed by atoms with Gasteiger partial charge in [-0.15, -0.1) is 0 Å². The summed E-state index contributed by atoms with van der Waals surface area (Å²) in [7, 11) is 0. The Balaban J connectivity index is 3.41. The molecule has 6 heteroatoms. The molecule has 0 aliphatic rings. The molecule has 0 heterocycles. The highest BCUT2D eigenvalue weighted by Crippen LogP contribution is 2.19. The molecule has 0 unspecified atom stereocenters. The minimum Gasteiger partial charge on any atom is -0.381 e.